The highest BCUT2D eigenvalue weighted by Gasteiger charge is 2.33. The predicted molar refractivity (Wildman–Crippen MR) is 82.1 cm³/mol. The fourth-order valence-corrected chi connectivity index (χ4v) is 3.77. The molecule has 0 spiro atoms. The van der Waals surface area contributed by atoms with E-state index in [4.69, 9.17) is 11.6 Å². The van der Waals surface area contributed by atoms with Gasteiger partial charge in [-0.05, 0) is 31.2 Å². The summed E-state index contributed by atoms with van der Waals surface area (Å²) >= 11 is 7.47. The standard InChI is InChI=1S/C14H18ClF3N2S/c1-21-13(5-3-2-4-6-13)9-19-12-8-10(14(16,17)18)7-11(15)20-12/h7-8H,2-6,9H2,1H3,(H,19,20). The minimum atomic E-state index is -4.41. The highest BCUT2D eigenvalue weighted by Crippen LogP contribution is 2.39. The summed E-state index contributed by atoms with van der Waals surface area (Å²) in [7, 11) is 0. The lowest BCUT2D eigenvalue weighted by Gasteiger charge is -2.36. The van der Waals surface area contributed by atoms with Crippen molar-refractivity contribution >= 4 is 29.2 Å². The van der Waals surface area contributed by atoms with Crippen LogP contribution in [0.2, 0.25) is 5.15 Å². The number of alkyl halides is 3. The molecule has 1 aromatic rings. The van der Waals surface area contributed by atoms with E-state index in [9.17, 15) is 13.2 Å². The highest BCUT2D eigenvalue weighted by atomic mass is 35.5. The molecule has 0 radical (unpaired) electrons. The average molecular weight is 339 g/mol. The van der Waals surface area contributed by atoms with Gasteiger partial charge in [0.15, 0.2) is 0 Å². The Kier molecular flexibility index (Phi) is 5.30. The average Bonchev–Trinajstić information content (AvgIpc) is 2.45. The molecule has 2 rings (SSSR count). The van der Waals surface area contributed by atoms with Crippen LogP contribution in [0.1, 0.15) is 37.7 Å². The van der Waals surface area contributed by atoms with E-state index in [1.807, 2.05) is 0 Å². The van der Waals surface area contributed by atoms with E-state index in [0.29, 0.717) is 6.54 Å². The molecular formula is C14H18ClF3N2S. The molecule has 0 unspecified atom stereocenters. The first-order chi connectivity index (χ1) is 9.85. The van der Waals surface area contributed by atoms with Crippen molar-refractivity contribution in [2.45, 2.75) is 43.0 Å². The van der Waals surface area contributed by atoms with E-state index in [1.54, 1.807) is 11.8 Å². The Morgan fingerprint density at radius 3 is 2.52 bits per heavy atom. The van der Waals surface area contributed by atoms with E-state index >= 15 is 0 Å². The molecule has 1 heterocycles. The summed E-state index contributed by atoms with van der Waals surface area (Å²) in [5.74, 6) is 0.189. The van der Waals surface area contributed by atoms with Crippen molar-refractivity contribution in [3.8, 4) is 0 Å². The van der Waals surface area contributed by atoms with Crippen LogP contribution in [0.25, 0.3) is 0 Å². The van der Waals surface area contributed by atoms with Gasteiger partial charge in [-0.3, -0.25) is 0 Å². The third-order valence-corrected chi connectivity index (χ3v) is 5.52. The van der Waals surface area contributed by atoms with Crippen LogP contribution >= 0.6 is 23.4 Å². The maximum absolute atomic E-state index is 12.8. The van der Waals surface area contributed by atoms with Crippen molar-refractivity contribution in [3.63, 3.8) is 0 Å². The lowest BCUT2D eigenvalue weighted by atomic mass is 9.88. The lowest BCUT2D eigenvalue weighted by Crippen LogP contribution is -2.35. The molecule has 1 N–H and O–H groups in total. The van der Waals surface area contributed by atoms with Crippen molar-refractivity contribution in [1.29, 1.82) is 0 Å². The van der Waals surface area contributed by atoms with Crippen LogP contribution in [0.15, 0.2) is 12.1 Å². The maximum Gasteiger partial charge on any atom is 0.416 e. The zero-order valence-corrected chi connectivity index (χ0v) is 13.3. The van der Waals surface area contributed by atoms with Crippen molar-refractivity contribution < 1.29 is 13.2 Å². The molecule has 7 heteroatoms. The van der Waals surface area contributed by atoms with Gasteiger partial charge in [0.2, 0.25) is 0 Å². The number of aromatic nitrogens is 1. The van der Waals surface area contributed by atoms with Gasteiger partial charge in [-0.25, -0.2) is 4.98 Å². The zero-order chi connectivity index (χ0) is 15.5. The first-order valence-electron chi connectivity index (χ1n) is 6.88. The molecule has 0 aliphatic heterocycles. The van der Waals surface area contributed by atoms with E-state index in [0.717, 1.165) is 25.0 Å². The van der Waals surface area contributed by atoms with Crippen molar-refractivity contribution in [2.75, 3.05) is 18.1 Å². The maximum atomic E-state index is 12.8. The Morgan fingerprint density at radius 1 is 1.29 bits per heavy atom. The van der Waals surface area contributed by atoms with Crippen LogP contribution in [0.5, 0.6) is 0 Å². The molecule has 0 atom stereocenters. The van der Waals surface area contributed by atoms with Crippen LogP contribution in [-0.4, -0.2) is 22.5 Å². The Balaban J connectivity index is 2.10. The topological polar surface area (TPSA) is 24.9 Å². The summed E-state index contributed by atoms with van der Waals surface area (Å²) in [6.07, 6.45) is 3.36. The van der Waals surface area contributed by atoms with Crippen molar-refractivity contribution in [1.82, 2.24) is 4.98 Å². The number of halogens is 4. The number of hydrogen-bond donors (Lipinski definition) is 1. The molecule has 2 nitrogen and oxygen atoms in total. The number of pyridine rings is 1. The molecule has 118 valence electrons. The Bertz CT molecular complexity index is 488. The second-order valence-electron chi connectivity index (χ2n) is 5.36. The summed E-state index contributed by atoms with van der Waals surface area (Å²) in [6.45, 7) is 0.610. The monoisotopic (exact) mass is 338 g/mol. The third kappa shape index (κ3) is 4.42. The quantitative estimate of drug-likeness (QED) is 0.761. The lowest BCUT2D eigenvalue weighted by molar-refractivity contribution is -0.137. The number of nitrogens with zero attached hydrogens (tertiary/aromatic N) is 1. The number of rotatable bonds is 4. The number of anilines is 1. The van der Waals surface area contributed by atoms with Gasteiger partial charge in [0.25, 0.3) is 0 Å². The minimum Gasteiger partial charge on any atom is -0.369 e. The van der Waals surface area contributed by atoms with Gasteiger partial charge in [0, 0.05) is 11.3 Å². The Hall–Kier alpha value is -0.620. The number of thioether (sulfide) groups is 1. The van der Waals surface area contributed by atoms with Gasteiger partial charge in [-0.15, -0.1) is 0 Å². The smallest absolute Gasteiger partial charge is 0.369 e. The predicted octanol–water partition coefficient (Wildman–Crippen LogP) is 5.23. The molecule has 0 aromatic carbocycles. The largest absolute Gasteiger partial charge is 0.416 e. The normalized spacial score (nSPS) is 18.5. The molecule has 0 amide bonds. The zero-order valence-electron chi connectivity index (χ0n) is 11.8. The van der Waals surface area contributed by atoms with Crippen LogP contribution < -0.4 is 5.32 Å². The molecular weight excluding hydrogens is 321 g/mol. The SMILES string of the molecule is CSC1(CNc2cc(C(F)(F)F)cc(Cl)n2)CCCCC1. The fraction of sp³-hybridized carbons (Fsp3) is 0.643. The molecule has 21 heavy (non-hydrogen) atoms. The molecule has 1 aromatic heterocycles. The summed E-state index contributed by atoms with van der Waals surface area (Å²) in [4.78, 5) is 3.94. The first kappa shape index (κ1) is 16.7. The van der Waals surface area contributed by atoms with Crippen LogP contribution in [-0.2, 0) is 6.18 Å². The van der Waals surface area contributed by atoms with Gasteiger partial charge >= 0.3 is 6.18 Å². The van der Waals surface area contributed by atoms with Gasteiger partial charge in [0.1, 0.15) is 11.0 Å². The summed E-state index contributed by atoms with van der Waals surface area (Å²) in [5.41, 5.74) is -0.771. The molecule has 1 aliphatic rings. The first-order valence-corrected chi connectivity index (χ1v) is 8.49. The van der Waals surface area contributed by atoms with Crippen LogP contribution in [0.4, 0.5) is 19.0 Å². The summed E-state index contributed by atoms with van der Waals surface area (Å²) in [5, 5.41) is 2.90. The van der Waals surface area contributed by atoms with E-state index in [-0.39, 0.29) is 15.7 Å². The Labute approximate surface area is 131 Å². The van der Waals surface area contributed by atoms with Crippen LogP contribution in [0, 0.1) is 0 Å². The van der Waals surface area contributed by atoms with E-state index < -0.39 is 11.7 Å². The van der Waals surface area contributed by atoms with Gasteiger partial charge in [-0.1, -0.05) is 30.9 Å². The molecule has 1 saturated carbocycles. The van der Waals surface area contributed by atoms with Crippen molar-refractivity contribution in [2.24, 2.45) is 0 Å². The molecule has 1 aliphatic carbocycles. The number of hydrogen-bond acceptors (Lipinski definition) is 3. The van der Waals surface area contributed by atoms with Crippen LogP contribution in [0.3, 0.4) is 0 Å². The Morgan fingerprint density at radius 2 is 1.95 bits per heavy atom. The minimum absolute atomic E-state index is 0.0840. The highest BCUT2D eigenvalue weighted by molar-refractivity contribution is 8.00. The third-order valence-electron chi connectivity index (χ3n) is 3.91. The molecule has 1 fully saturated rings. The molecule has 0 bridgehead atoms. The van der Waals surface area contributed by atoms with Gasteiger partial charge < -0.3 is 5.32 Å². The molecule has 0 saturated heterocycles. The van der Waals surface area contributed by atoms with Gasteiger partial charge in [-0.2, -0.15) is 24.9 Å². The van der Waals surface area contributed by atoms with Gasteiger partial charge in [0.05, 0.1) is 5.56 Å². The van der Waals surface area contributed by atoms with E-state index in [1.165, 1.54) is 19.3 Å². The van der Waals surface area contributed by atoms with Crippen molar-refractivity contribution in [3.05, 3.63) is 22.8 Å². The second kappa shape index (κ2) is 6.65. The summed E-state index contributed by atoms with van der Waals surface area (Å²) < 4.78 is 38.4. The van der Waals surface area contributed by atoms with E-state index in [2.05, 4.69) is 16.6 Å². The number of nitrogens with one attached hydrogen (secondary N) is 1. The second-order valence-corrected chi connectivity index (χ2v) is 7.02. The fourth-order valence-electron chi connectivity index (χ4n) is 2.65. The summed E-state index contributed by atoms with van der Waals surface area (Å²) in [6, 6.07) is 1.86.